The van der Waals surface area contributed by atoms with Crippen LogP contribution in [0.1, 0.15) is 33.1 Å². The van der Waals surface area contributed by atoms with Crippen molar-refractivity contribution in [1.82, 2.24) is 10.2 Å². The van der Waals surface area contributed by atoms with Crippen LogP contribution in [-0.4, -0.2) is 56.7 Å². The Balaban J connectivity index is 3.88. The van der Waals surface area contributed by atoms with Crippen LogP contribution >= 0.6 is 0 Å². The summed E-state index contributed by atoms with van der Waals surface area (Å²) in [4.78, 5) is 13.8. The number of ether oxygens (including phenoxy) is 1. The zero-order valence-corrected chi connectivity index (χ0v) is 12.2. The summed E-state index contributed by atoms with van der Waals surface area (Å²) in [5, 5.41) is 2.95. The highest BCUT2D eigenvalue weighted by Gasteiger charge is 2.19. The third kappa shape index (κ3) is 7.63. The molecular formula is C13H29N3O2. The zero-order chi connectivity index (χ0) is 14.0. The number of unbranched alkanes of at least 4 members (excludes halogenated alkanes) is 2. The number of rotatable bonds is 10. The number of carbonyl (C=O) groups is 1. The van der Waals surface area contributed by atoms with Gasteiger partial charge in [-0.1, -0.05) is 19.8 Å². The topological polar surface area (TPSA) is 67.6 Å². The number of hydrogen-bond donors (Lipinski definition) is 2. The fraction of sp³-hybridized carbons (Fsp3) is 0.923. The highest BCUT2D eigenvalue weighted by Crippen LogP contribution is 1.98. The minimum atomic E-state index is -0.158. The van der Waals surface area contributed by atoms with Crippen molar-refractivity contribution in [2.24, 2.45) is 5.73 Å². The SMILES string of the molecule is CCCCCNC(=O)C(C)N(C)CC(N)COC. The first-order valence-corrected chi connectivity index (χ1v) is 6.75. The number of nitrogens with zero attached hydrogens (tertiary/aromatic N) is 1. The van der Waals surface area contributed by atoms with Crippen molar-refractivity contribution in [1.29, 1.82) is 0 Å². The Morgan fingerprint density at radius 2 is 2.11 bits per heavy atom. The van der Waals surface area contributed by atoms with E-state index < -0.39 is 0 Å². The monoisotopic (exact) mass is 259 g/mol. The molecule has 5 nitrogen and oxygen atoms in total. The summed E-state index contributed by atoms with van der Waals surface area (Å²) >= 11 is 0. The molecule has 0 aliphatic heterocycles. The van der Waals surface area contributed by atoms with E-state index in [0.717, 1.165) is 25.8 Å². The summed E-state index contributed by atoms with van der Waals surface area (Å²) in [6.07, 6.45) is 3.36. The average molecular weight is 259 g/mol. The van der Waals surface area contributed by atoms with E-state index in [1.807, 2.05) is 18.9 Å². The van der Waals surface area contributed by atoms with Gasteiger partial charge in [-0.2, -0.15) is 0 Å². The maximum atomic E-state index is 11.9. The molecule has 2 unspecified atom stereocenters. The number of nitrogens with one attached hydrogen (secondary N) is 1. The Hall–Kier alpha value is -0.650. The lowest BCUT2D eigenvalue weighted by atomic mass is 10.2. The average Bonchev–Trinajstić information content (AvgIpc) is 2.33. The number of hydrogen-bond acceptors (Lipinski definition) is 4. The van der Waals surface area contributed by atoms with Gasteiger partial charge in [-0.25, -0.2) is 0 Å². The van der Waals surface area contributed by atoms with Gasteiger partial charge in [-0.05, 0) is 20.4 Å². The van der Waals surface area contributed by atoms with Gasteiger partial charge in [0.2, 0.25) is 5.91 Å². The molecular weight excluding hydrogens is 230 g/mol. The minimum absolute atomic E-state index is 0.0599. The molecule has 0 saturated heterocycles. The lowest BCUT2D eigenvalue weighted by Crippen LogP contribution is -2.48. The second kappa shape index (κ2) is 10.3. The lowest BCUT2D eigenvalue weighted by molar-refractivity contribution is -0.125. The van der Waals surface area contributed by atoms with Gasteiger partial charge < -0.3 is 15.8 Å². The van der Waals surface area contributed by atoms with Crippen LogP contribution in [0, 0.1) is 0 Å². The van der Waals surface area contributed by atoms with E-state index >= 15 is 0 Å². The molecule has 18 heavy (non-hydrogen) atoms. The number of amides is 1. The third-order valence-corrected chi connectivity index (χ3v) is 3.02. The fourth-order valence-corrected chi connectivity index (χ4v) is 1.73. The van der Waals surface area contributed by atoms with Crippen molar-refractivity contribution >= 4 is 5.91 Å². The van der Waals surface area contributed by atoms with Crippen LogP contribution in [0.3, 0.4) is 0 Å². The summed E-state index contributed by atoms with van der Waals surface area (Å²) in [6.45, 7) is 5.96. The van der Waals surface area contributed by atoms with Crippen molar-refractivity contribution in [2.45, 2.75) is 45.2 Å². The molecule has 2 atom stereocenters. The Labute approximate surface area is 111 Å². The Bertz CT molecular complexity index is 224. The van der Waals surface area contributed by atoms with Crippen molar-refractivity contribution in [2.75, 3.05) is 33.9 Å². The summed E-state index contributed by atoms with van der Waals surface area (Å²) in [7, 11) is 3.54. The van der Waals surface area contributed by atoms with Gasteiger partial charge in [0.25, 0.3) is 0 Å². The number of carbonyl (C=O) groups excluding carboxylic acids is 1. The maximum absolute atomic E-state index is 11.9. The van der Waals surface area contributed by atoms with E-state index in [4.69, 9.17) is 10.5 Å². The first-order chi connectivity index (χ1) is 8.52. The number of nitrogens with two attached hydrogens (primary N) is 1. The maximum Gasteiger partial charge on any atom is 0.237 e. The lowest BCUT2D eigenvalue weighted by Gasteiger charge is -2.26. The molecule has 0 heterocycles. The standard InChI is InChI=1S/C13H29N3O2/c1-5-6-7-8-15-13(17)11(2)16(3)9-12(14)10-18-4/h11-12H,5-10,14H2,1-4H3,(H,15,17). The summed E-state index contributed by atoms with van der Waals surface area (Å²) in [5.41, 5.74) is 5.86. The molecule has 0 aromatic rings. The molecule has 0 aromatic heterocycles. The molecule has 0 aliphatic carbocycles. The van der Waals surface area contributed by atoms with E-state index in [1.165, 1.54) is 0 Å². The van der Waals surface area contributed by atoms with Crippen LogP contribution in [0.15, 0.2) is 0 Å². The first-order valence-electron chi connectivity index (χ1n) is 6.75. The summed E-state index contributed by atoms with van der Waals surface area (Å²) in [5.74, 6) is 0.0678. The summed E-state index contributed by atoms with van der Waals surface area (Å²) < 4.78 is 4.98. The van der Waals surface area contributed by atoms with E-state index in [-0.39, 0.29) is 18.0 Å². The van der Waals surface area contributed by atoms with Gasteiger partial charge in [0.05, 0.1) is 12.6 Å². The van der Waals surface area contributed by atoms with Crippen LogP contribution in [0.4, 0.5) is 0 Å². The zero-order valence-electron chi connectivity index (χ0n) is 12.2. The van der Waals surface area contributed by atoms with Crippen molar-refractivity contribution < 1.29 is 9.53 Å². The minimum Gasteiger partial charge on any atom is -0.383 e. The normalized spacial score (nSPS) is 14.6. The molecule has 0 aliphatic rings. The molecule has 5 heteroatoms. The summed E-state index contributed by atoms with van der Waals surface area (Å²) in [6, 6.07) is -0.218. The Morgan fingerprint density at radius 1 is 1.44 bits per heavy atom. The van der Waals surface area contributed by atoms with Crippen LogP contribution in [-0.2, 0) is 9.53 Å². The molecule has 0 fully saturated rings. The van der Waals surface area contributed by atoms with Crippen molar-refractivity contribution in [3.8, 4) is 0 Å². The third-order valence-electron chi connectivity index (χ3n) is 3.02. The highest BCUT2D eigenvalue weighted by atomic mass is 16.5. The predicted molar refractivity (Wildman–Crippen MR) is 74.5 cm³/mol. The van der Waals surface area contributed by atoms with Crippen LogP contribution in [0.25, 0.3) is 0 Å². The second-order valence-electron chi connectivity index (χ2n) is 4.83. The molecule has 0 rings (SSSR count). The fourth-order valence-electron chi connectivity index (χ4n) is 1.73. The second-order valence-corrected chi connectivity index (χ2v) is 4.83. The Morgan fingerprint density at radius 3 is 2.67 bits per heavy atom. The van der Waals surface area contributed by atoms with E-state index in [9.17, 15) is 4.79 Å². The number of methoxy groups -OCH3 is 1. The van der Waals surface area contributed by atoms with Gasteiger partial charge in [-0.3, -0.25) is 9.69 Å². The smallest absolute Gasteiger partial charge is 0.237 e. The van der Waals surface area contributed by atoms with Crippen molar-refractivity contribution in [3.05, 3.63) is 0 Å². The molecule has 0 radical (unpaired) electrons. The van der Waals surface area contributed by atoms with Crippen LogP contribution < -0.4 is 11.1 Å². The van der Waals surface area contributed by atoms with E-state index in [2.05, 4.69) is 12.2 Å². The van der Waals surface area contributed by atoms with Crippen LogP contribution in [0.5, 0.6) is 0 Å². The van der Waals surface area contributed by atoms with Gasteiger partial charge in [0.15, 0.2) is 0 Å². The molecule has 1 amide bonds. The highest BCUT2D eigenvalue weighted by molar-refractivity contribution is 5.81. The van der Waals surface area contributed by atoms with Crippen molar-refractivity contribution in [3.63, 3.8) is 0 Å². The molecule has 0 aromatic carbocycles. The van der Waals surface area contributed by atoms with E-state index in [1.54, 1.807) is 7.11 Å². The van der Waals surface area contributed by atoms with E-state index in [0.29, 0.717) is 13.2 Å². The number of likely N-dealkylation sites (N-methyl/N-ethyl adjacent to an activating group) is 1. The molecule has 0 bridgehead atoms. The Kier molecular flexibility index (Phi) is 9.92. The van der Waals surface area contributed by atoms with Gasteiger partial charge >= 0.3 is 0 Å². The molecule has 3 N–H and O–H groups in total. The quantitative estimate of drug-likeness (QED) is 0.563. The molecule has 0 saturated carbocycles. The molecule has 108 valence electrons. The molecule has 0 spiro atoms. The van der Waals surface area contributed by atoms with Gasteiger partial charge in [0, 0.05) is 26.2 Å². The largest absolute Gasteiger partial charge is 0.383 e. The van der Waals surface area contributed by atoms with Gasteiger partial charge in [-0.15, -0.1) is 0 Å². The van der Waals surface area contributed by atoms with Crippen LogP contribution in [0.2, 0.25) is 0 Å². The predicted octanol–water partition coefficient (Wildman–Crippen LogP) is 0.587. The first kappa shape index (κ1) is 17.4. The van der Waals surface area contributed by atoms with Gasteiger partial charge in [0.1, 0.15) is 0 Å².